The van der Waals surface area contributed by atoms with Crippen molar-refractivity contribution in [1.82, 2.24) is 9.80 Å². The predicted octanol–water partition coefficient (Wildman–Crippen LogP) is 4.13. The minimum Gasteiger partial charge on any atom is -0.482 e. The zero-order chi connectivity index (χ0) is 23.3. The van der Waals surface area contributed by atoms with Crippen LogP contribution in [0.4, 0.5) is 0 Å². The molecule has 1 aromatic carbocycles. The maximum Gasteiger partial charge on any atom is 0.246 e. The van der Waals surface area contributed by atoms with Gasteiger partial charge >= 0.3 is 0 Å². The normalized spacial score (nSPS) is 14.8. The Bertz CT molecular complexity index is 1000. The van der Waals surface area contributed by atoms with E-state index < -0.39 is 0 Å². The Balaban J connectivity index is 1.52. The summed E-state index contributed by atoms with van der Waals surface area (Å²) in [5, 5.41) is 0. The molecule has 1 fully saturated rings. The van der Waals surface area contributed by atoms with E-state index in [1.54, 1.807) is 6.08 Å². The minimum absolute atomic E-state index is 0.0609. The van der Waals surface area contributed by atoms with Crippen molar-refractivity contribution in [3.63, 3.8) is 0 Å². The summed E-state index contributed by atoms with van der Waals surface area (Å²) in [5.74, 6) is 0.873. The second kappa shape index (κ2) is 10.2. The number of allylic oxidation sites excluding steroid dienone is 1. The highest BCUT2D eigenvalue weighted by Crippen LogP contribution is 2.22. The van der Waals surface area contributed by atoms with E-state index in [0.717, 1.165) is 24.2 Å². The Labute approximate surface area is 190 Å². The fraction of sp³-hybridized carbons (Fsp3) is 0.462. The van der Waals surface area contributed by atoms with Crippen LogP contribution < -0.4 is 10.2 Å². The van der Waals surface area contributed by atoms with Crippen molar-refractivity contribution >= 4 is 5.91 Å². The number of carbonyl (C=O) groups is 1. The number of benzene rings is 1. The van der Waals surface area contributed by atoms with Crippen LogP contribution in [0.3, 0.4) is 0 Å². The molecule has 0 N–H and O–H groups in total. The third-order valence-electron chi connectivity index (χ3n) is 5.54. The summed E-state index contributed by atoms with van der Waals surface area (Å²) in [6.45, 7) is 14.1. The number of carbonyl (C=O) groups excluding carboxylic acids is 1. The molecule has 0 unspecified atom stereocenters. The molecular weight excluding hydrogens is 404 g/mol. The molecule has 0 spiro atoms. The molecule has 0 radical (unpaired) electrons. The summed E-state index contributed by atoms with van der Waals surface area (Å²) in [7, 11) is 0. The van der Waals surface area contributed by atoms with Crippen molar-refractivity contribution in [3.8, 4) is 5.75 Å². The van der Waals surface area contributed by atoms with Gasteiger partial charge in [-0.1, -0.05) is 50.6 Å². The summed E-state index contributed by atoms with van der Waals surface area (Å²) in [5.41, 5.74) is 3.18. The smallest absolute Gasteiger partial charge is 0.246 e. The first-order valence-electron chi connectivity index (χ1n) is 11.1. The fourth-order valence-corrected chi connectivity index (χ4v) is 3.57. The molecule has 1 aromatic heterocycles. The van der Waals surface area contributed by atoms with Crippen LogP contribution in [0.2, 0.25) is 0 Å². The van der Waals surface area contributed by atoms with Crippen LogP contribution in [-0.4, -0.2) is 41.9 Å². The molecule has 2 aromatic rings. The Kier molecular flexibility index (Phi) is 7.56. The Hall–Kier alpha value is -2.86. The van der Waals surface area contributed by atoms with Crippen molar-refractivity contribution < 1.29 is 13.9 Å². The van der Waals surface area contributed by atoms with Gasteiger partial charge in [0.15, 0.2) is 0 Å². The molecule has 172 valence electrons. The molecule has 2 heterocycles. The number of amides is 1. The molecule has 3 rings (SSSR count). The summed E-state index contributed by atoms with van der Waals surface area (Å²) in [4.78, 5) is 28.6. The van der Waals surface area contributed by atoms with Crippen molar-refractivity contribution in [2.75, 3.05) is 26.2 Å². The maximum atomic E-state index is 12.5. The van der Waals surface area contributed by atoms with Crippen molar-refractivity contribution in [1.29, 1.82) is 0 Å². The van der Waals surface area contributed by atoms with Gasteiger partial charge in [0.1, 0.15) is 18.6 Å². The Morgan fingerprint density at radius 2 is 1.75 bits per heavy atom. The van der Waals surface area contributed by atoms with Crippen LogP contribution >= 0.6 is 0 Å². The molecule has 1 aliphatic rings. The molecule has 0 aliphatic carbocycles. The van der Waals surface area contributed by atoms with Gasteiger partial charge < -0.3 is 14.1 Å². The first-order chi connectivity index (χ1) is 15.1. The molecular formula is C26H34N2O4. The topological polar surface area (TPSA) is 63.0 Å². The van der Waals surface area contributed by atoms with Crippen LogP contribution in [-0.2, 0) is 23.4 Å². The Morgan fingerprint density at radius 1 is 1.09 bits per heavy atom. The number of hydrogen-bond donors (Lipinski definition) is 0. The standard InChI is InChI=1S/C26H34N2O4/c1-19(2)14-25(30)28-12-10-27(11-13-28)16-22-15-23(29)24(18-31-22)32-17-20-6-8-21(9-7-20)26(3,4)5/h6-9,14-15,18H,10-13,16-17H2,1-5H3. The summed E-state index contributed by atoms with van der Waals surface area (Å²) >= 11 is 0. The number of hydrogen-bond acceptors (Lipinski definition) is 5. The van der Waals surface area contributed by atoms with E-state index in [9.17, 15) is 9.59 Å². The third-order valence-corrected chi connectivity index (χ3v) is 5.54. The number of rotatable bonds is 6. The van der Waals surface area contributed by atoms with E-state index >= 15 is 0 Å². The van der Waals surface area contributed by atoms with Crippen molar-refractivity contribution in [2.45, 2.75) is 53.2 Å². The van der Waals surface area contributed by atoms with Gasteiger partial charge in [0.2, 0.25) is 17.1 Å². The molecule has 32 heavy (non-hydrogen) atoms. The molecule has 6 nitrogen and oxygen atoms in total. The van der Waals surface area contributed by atoms with Crippen LogP contribution in [0.15, 0.2) is 57.5 Å². The van der Waals surface area contributed by atoms with E-state index in [0.29, 0.717) is 32.0 Å². The van der Waals surface area contributed by atoms with Gasteiger partial charge in [-0.25, -0.2) is 0 Å². The molecule has 1 amide bonds. The third kappa shape index (κ3) is 6.57. The SMILES string of the molecule is CC(C)=CC(=O)N1CCN(Cc2cc(=O)c(OCc3ccc(C(C)(C)C)cc3)co2)CC1. The van der Waals surface area contributed by atoms with E-state index in [4.69, 9.17) is 9.15 Å². The van der Waals surface area contributed by atoms with Gasteiger partial charge in [-0.05, 0) is 30.4 Å². The molecule has 1 saturated heterocycles. The molecule has 6 heteroatoms. The fourth-order valence-electron chi connectivity index (χ4n) is 3.57. The van der Waals surface area contributed by atoms with Gasteiger partial charge in [-0.3, -0.25) is 14.5 Å². The lowest BCUT2D eigenvalue weighted by molar-refractivity contribution is -0.127. The van der Waals surface area contributed by atoms with Crippen LogP contribution in [0.5, 0.6) is 5.75 Å². The van der Waals surface area contributed by atoms with Gasteiger partial charge in [0, 0.05) is 38.3 Å². The predicted molar refractivity (Wildman–Crippen MR) is 126 cm³/mol. The number of piperazine rings is 1. The lowest BCUT2D eigenvalue weighted by Crippen LogP contribution is -2.47. The lowest BCUT2D eigenvalue weighted by atomic mass is 9.87. The highest BCUT2D eigenvalue weighted by atomic mass is 16.5. The summed E-state index contributed by atoms with van der Waals surface area (Å²) < 4.78 is 11.4. The first kappa shape index (κ1) is 23.8. The summed E-state index contributed by atoms with van der Waals surface area (Å²) in [6.07, 6.45) is 3.07. The average Bonchev–Trinajstić information content (AvgIpc) is 2.73. The first-order valence-corrected chi connectivity index (χ1v) is 11.1. The van der Waals surface area contributed by atoms with Gasteiger partial charge in [0.25, 0.3) is 0 Å². The zero-order valence-electron chi connectivity index (χ0n) is 19.8. The van der Waals surface area contributed by atoms with Crippen molar-refractivity contribution in [2.24, 2.45) is 0 Å². The second-order valence-electron chi connectivity index (χ2n) is 9.63. The van der Waals surface area contributed by atoms with Crippen LogP contribution in [0, 0.1) is 0 Å². The van der Waals surface area contributed by atoms with Gasteiger partial charge in [-0.2, -0.15) is 0 Å². The van der Waals surface area contributed by atoms with Gasteiger partial charge in [-0.15, -0.1) is 0 Å². The number of nitrogens with zero attached hydrogens (tertiary/aromatic N) is 2. The van der Waals surface area contributed by atoms with E-state index in [2.05, 4.69) is 37.8 Å². The summed E-state index contributed by atoms with van der Waals surface area (Å²) in [6, 6.07) is 9.74. The zero-order valence-corrected chi connectivity index (χ0v) is 19.8. The van der Waals surface area contributed by atoms with Crippen molar-refractivity contribution in [3.05, 3.63) is 75.4 Å². The quantitative estimate of drug-likeness (QED) is 0.635. The molecule has 1 aliphatic heterocycles. The van der Waals surface area contributed by atoms with E-state index in [1.165, 1.54) is 17.9 Å². The largest absolute Gasteiger partial charge is 0.482 e. The van der Waals surface area contributed by atoms with Gasteiger partial charge in [0.05, 0.1) is 6.54 Å². The maximum absolute atomic E-state index is 12.5. The van der Waals surface area contributed by atoms with Crippen LogP contribution in [0.1, 0.15) is 51.5 Å². The Morgan fingerprint density at radius 3 is 2.31 bits per heavy atom. The number of ether oxygens (including phenoxy) is 1. The second-order valence-corrected chi connectivity index (χ2v) is 9.63. The molecule has 0 bridgehead atoms. The van der Waals surface area contributed by atoms with Crippen LogP contribution in [0.25, 0.3) is 0 Å². The molecule has 0 saturated carbocycles. The monoisotopic (exact) mass is 438 g/mol. The molecule has 0 atom stereocenters. The highest BCUT2D eigenvalue weighted by molar-refractivity contribution is 5.88. The average molecular weight is 439 g/mol. The highest BCUT2D eigenvalue weighted by Gasteiger charge is 2.21. The van der Waals surface area contributed by atoms with E-state index in [-0.39, 0.29) is 22.5 Å². The minimum atomic E-state index is -0.185. The van der Waals surface area contributed by atoms with E-state index in [1.807, 2.05) is 30.9 Å². The lowest BCUT2D eigenvalue weighted by Gasteiger charge is -2.33.